The normalized spacial score (nSPS) is 40.3. The number of rotatable bonds is 3. The SMILES string of the molecule is C[C@@H]1[C@@H]2O[C@H]3[C@H](OC(=O)c4ccccc4C(=O)O)[C@H](O[C@@H]13)[C@H]2C. The molecule has 0 amide bonds. The maximum Gasteiger partial charge on any atom is 0.339 e. The first-order chi connectivity index (χ1) is 11.0. The van der Waals surface area contributed by atoms with E-state index in [-0.39, 0.29) is 47.4 Å². The molecule has 1 aromatic rings. The Labute approximate surface area is 133 Å². The number of carbonyl (C=O) groups is 2. The second-order valence-corrected chi connectivity index (χ2v) is 6.57. The van der Waals surface area contributed by atoms with E-state index in [4.69, 9.17) is 14.2 Å². The quantitative estimate of drug-likeness (QED) is 0.855. The highest BCUT2D eigenvalue weighted by atomic mass is 16.6. The summed E-state index contributed by atoms with van der Waals surface area (Å²) in [4.78, 5) is 23.7. The van der Waals surface area contributed by atoms with Crippen LogP contribution in [0.3, 0.4) is 0 Å². The Balaban J connectivity index is 1.58. The summed E-state index contributed by atoms with van der Waals surface area (Å²) >= 11 is 0. The van der Waals surface area contributed by atoms with Crippen molar-refractivity contribution in [3.63, 3.8) is 0 Å². The third-order valence-corrected chi connectivity index (χ3v) is 5.29. The molecule has 4 heterocycles. The summed E-state index contributed by atoms with van der Waals surface area (Å²) in [6, 6.07) is 6.05. The van der Waals surface area contributed by atoms with Crippen LogP contribution in [-0.4, -0.2) is 47.6 Å². The molecule has 0 unspecified atom stereocenters. The number of esters is 1. The lowest BCUT2D eigenvalue weighted by molar-refractivity contribution is -0.152. The zero-order valence-corrected chi connectivity index (χ0v) is 12.8. The minimum atomic E-state index is -1.15. The van der Waals surface area contributed by atoms with Crippen LogP contribution < -0.4 is 0 Å². The molecule has 1 N–H and O–H groups in total. The maximum absolute atomic E-state index is 12.5. The van der Waals surface area contributed by atoms with Gasteiger partial charge < -0.3 is 19.3 Å². The van der Waals surface area contributed by atoms with Gasteiger partial charge >= 0.3 is 11.9 Å². The van der Waals surface area contributed by atoms with Crippen molar-refractivity contribution >= 4 is 11.9 Å². The van der Waals surface area contributed by atoms with Gasteiger partial charge in [-0.05, 0) is 12.1 Å². The molecule has 4 saturated heterocycles. The monoisotopic (exact) mass is 318 g/mol. The third-order valence-electron chi connectivity index (χ3n) is 5.29. The predicted molar refractivity (Wildman–Crippen MR) is 78.3 cm³/mol. The molecule has 0 spiro atoms. The van der Waals surface area contributed by atoms with E-state index in [1.54, 1.807) is 12.1 Å². The Morgan fingerprint density at radius 2 is 1.57 bits per heavy atom. The molecule has 4 fully saturated rings. The van der Waals surface area contributed by atoms with Gasteiger partial charge in [0.2, 0.25) is 0 Å². The summed E-state index contributed by atoms with van der Waals surface area (Å²) < 4.78 is 17.6. The van der Waals surface area contributed by atoms with Crippen molar-refractivity contribution in [3.05, 3.63) is 35.4 Å². The lowest BCUT2D eigenvalue weighted by atomic mass is 9.87. The molecule has 4 aliphatic heterocycles. The van der Waals surface area contributed by atoms with Gasteiger partial charge in [-0.2, -0.15) is 0 Å². The number of benzene rings is 1. The minimum absolute atomic E-state index is 0.0475. The Bertz CT molecular complexity index is 667. The van der Waals surface area contributed by atoms with Crippen molar-refractivity contribution < 1.29 is 28.9 Å². The second kappa shape index (κ2) is 5.04. The molecule has 5 rings (SSSR count). The van der Waals surface area contributed by atoms with Crippen LogP contribution in [0, 0.1) is 11.8 Å². The molecule has 6 heteroatoms. The van der Waals surface area contributed by atoms with Crippen LogP contribution >= 0.6 is 0 Å². The lowest BCUT2D eigenvalue weighted by Crippen LogP contribution is -2.49. The maximum atomic E-state index is 12.5. The summed E-state index contributed by atoms with van der Waals surface area (Å²) in [5.74, 6) is -1.37. The Morgan fingerprint density at radius 1 is 0.957 bits per heavy atom. The first-order valence-corrected chi connectivity index (χ1v) is 7.83. The van der Waals surface area contributed by atoms with E-state index in [9.17, 15) is 14.7 Å². The first kappa shape index (κ1) is 14.7. The van der Waals surface area contributed by atoms with Crippen LogP contribution in [-0.2, 0) is 14.2 Å². The molecule has 122 valence electrons. The Morgan fingerprint density at radius 3 is 2.26 bits per heavy atom. The zero-order valence-electron chi connectivity index (χ0n) is 12.8. The largest absolute Gasteiger partial charge is 0.478 e. The summed E-state index contributed by atoms with van der Waals surface area (Å²) in [5.41, 5.74) is -0.00812. The van der Waals surface area contributed by atoms with Crippen LogP contribution in [0.2, 0.25) is 0 Å². The average Bonchev–Trinajstić information content (AvgIpc) is 2.96. The molecule has 1 aromatic carbocycles. The van der Waals surface area contributed by atoms with Crippen molar-refractivity contribution in [2.45, 2.75) is 44.4 Å². The van der Waals surface area contributed by atoms with Crippen LogP contribution in [0.1, 0.15) is 34.6 Å². The van der Waals surface area contributed by atoms with Gasteiger partial charge in [-0.3, -0.25) is 0 Å². The van der Waals surface area contributed by atoms with Crippen molar-refractivity contribution in [1.82, 2.24) is 0 Å². The first-order valence-electron chi connectivity index (χ1n) is 7.83. The van der Waals surface area contributed by atoms with Crippen LogP contribution in [0.5, 0.6) is 0 Å². The second-order valence-electron chi connectivity index (χ2n) is 6.57. The molecule has 6 nitrogen and oxygen atoms in total. The van der Waals surface area contributed by atoms with Crippen LogP contribution in [0.25, 0.3) is 0 Å². The summed E-state index contributed by atoms with van der Waals surface area (Å²) in [6.45, 7) is 4.13. The van der Waals surface area contributed by atoms with Crippen molar-refractivity contribution in [1.29, 1.82) is 0 Å². The Kier molecular flexibility index (Phi) is 3.21. The number of aromatic carboxylic acids is 1. The summed E-state index contributed by atoms with van der Waals surface area (Å²) in [6.07, 6.45) is -0.817. The molecule has 7 atom stereocenters. The van der Waals surface area contributed by atoms with Gasteiger partial charge in [0.15, 0.2) is 6.10 Å². The fourth-order valence-corrected chi connectivity index (χ4v) is 4.16. The Hall–Kier alpha value is -1.92. The fourth-order valence-electron chi connectivity index (χ4n) is 4.16. The van der Waals surface area contributed by atoms with Crippen molar-refractivity contribution in [3.8, 4) is 0 Å². The smallest absolute Gasteiger partial charge is 0.339 e. The van der Waals surface area contributed by atoms with Crippen molar-refractivity contribution in [2.24, 2.45) is 11.8 Å². The van der Waals surface area contributed by atoms with Crippen molar-refractivity contribution in [2.75, 3.05) is 0 Å². The molecule has 4 aliphatic rings. The highest BCUT2D eigenvalue weighted by Gasteiger charge is 2.65. The average molecular weight is 318 g/mol. The molecule has 0 radical (unpaired) electrons. The van der Waals surface area contributed by atoms with E-state index in [0.717, 1.165) is 0 Å². The van der Waals surface area contributed by atoms with Gasteiger partial charge in [-0.25, -0.2) is 9.59 Å². The standard InChI is InChI=1S/C17H18O6/c1-7-11-8(2)13-15(14(21-11)12(7)22-13)23-17(20)10-6-4-3-5-9(10)16(18)19/h3-8,11-15H,1-2H3,(H,18,19)/t7-,8+,11+,12+,13-,14-,15-/m1/s1. The van der Waals surface area contributed by atoms with E-state index >= 15 is 0 Å². The third kappa shape index (κ3) is 2.01. The lowest BCUT2D eigenvalue weighted by Gasteiger charge is -2.38. The van der Waals surface area contributed by atoms with Gasteiger partial charge in [0.1, 0.15) is 12.2 Å². The number of carboxylic acid groups (broad SMARTS) is 1. The van der Waals surface area contributed by atoms with E-state index in [0.29, 0.717) is 0 Å². The molecular formula is C17H18O6. The number of hydrogen-bond donors (Lipinski definition) is 1. The molecule has 4 bridgehead atoms. The molecule has 0 aliphatic carbocycles. The molecule has 23 heavy (non-hydrogen) atoms. The molecular weight excluding hydrogens is 300 g/mol. The molecule has 0 saturated carbocycles. The van der Waals surface area contributed by atoms with E-state index in [1.165, 1.54) is 12.1 Å². The van der Waals surface area contributed by atoms with Gasteiger partial charge in [-0.1, -0.05) is 26.0 Å². The predicted octanol–water partition coefficient (Wildman–Crippen LogP) is 1.73. The number of carboxylic acids is 1. The highest BCUT2D eigenvalue weighted by Crippen LogP contribution is 2.50. The highest BCUT2D eigenvalue weighted by molar-refractivity contribution is 6.02. The van der Waals surface area contributed by atoms with Crippen LogP contribution in [0.15, 0.2) is 24.3 Å². The van der Waals surface area contributed by atoms with Gasteiger partial charge in [0, 0.05) is 11.8 Å². The van der Waals surface area contributed by atoms with Crippen LogP contribution in [0.4, 0.5) is 0 Å². The van der Waals surface area contributed by atoms with E-state index in [2.05, 4.69) is 6.92 Å². The van der Waals surface area contributed by atoms with E-state index in [1.807, 2.05) is 6.92 Å². The molecule has 0 aromatic heterocycles. The van der Waals surface area contributed by atoms with E-state index < -0.39 is 18.0 Å². The van der Waals surface area contributed by atoms with Gasteiger partial charge in [0.05, 0.1) is 23.3 Å². The summed E-state index contributed by atoms with van der Waals surface area (Å²) in [7, 11) is 0. The summed E-state index contributed by atoms with van der Waals surface area (Å²) in [5, 5.41) is 9.21. The number of hydrogen-bond acceptors (Lipinski definition) is 5. The fraction of sp³-hybridized carbons (Fsp3) is 0.529. The number of ether oxygens (including phenoxy) is 3. The number of carbonyl (C=O) groups excluding carboxylic acids is 1. The zero-order chi connectivity index (χ0) is 16.3. The van der Waals surface area contributed by atoms with Gasteiger partial charge in [-0.15, -0.1) is 0 Å². The minimum Gasteiger partial charge on any atom is -0.478 e. The topological polar surface area (TPSA) is 82.1 Å². The van der Waals surface area contributed by atoms with Gasteiger partial charge in [0.25, 0.3) is 0 Å².